The standard InChI is InChI=1S/C8H8FO7PS2/c9-7-3-1-2-6(4-18(11)12)8(7)19(13,14)16-5-15-17-10/h1-3H,4-5H2,(H,11,12). The summed E-state index contributed by atoms with van der Waals surface area (Å²) in [7, 11) is -5.33. The molecule has 0 amide bonds. The number of benzene rings is 1. The van der Waals surface area contributed by atoms with E-state index in [0.717, 1.165) is 6.07 Å². The molecule has 1 aromatic rings. The summed E-state index contributed by atoms with van der Waals surface area (Å²) in [5.74, 6) is -1.70. The summed E-state index contributed by atoms with van der Waals surface area (Å²) in [5, 5.41) is 0. The second-order valence-electron chi connectivity index (χ2n) is 3.09. The summed E-state index contributed by atoms with van der Waals surface area (Å²) in [6.07, 6.45) is 0. The summed E-state index contributed by atoms with van der Waals surface area (Å²) in [6, 6.07) is 3.25. The van der Waals surface area contributed by atoms with Gasteiger partial charge in [0.1, 0.15) is 10.7 Å². The molecule has 0 fully saturated rings. The fourth-order valence-electron chi connectivity index (χ4n) is 1.25. The van der Waals surface area contributed by atoms with Crippen LogP contribution in [-0.2, 0) is 40.2 Å². The van der Waals surface area contributed by atoms with Crippen LogP contribution in [0.15, 0.2) is 23.1 Å². The molecular weight excluding hydrogens is 322 g/mol. The van der Waals surface area contributed by atoms with Crippen molar-refractivity contribution in [3.8, 4) is 0 Å². The third-order valence-corrected chi connectivity index (χ3v) is 4.02. The molecule has 106 valence electrons. The maximum absolute atomic E-state index is 13.6. The molecule has 0 spiro atoms. The lowest BCUT2D eigenvalue weighted by atomic mass is 10.2. The Bertz CT molecular complexity index is 589. The molecule has 1 aromatic carbocycles. The molecule has 1 N–H and O–H groups in total. The van der Waals surface area contributed by atoms with Crippen LogP contribution in [0.25, 0.3) is 0 Å². The van der Waals surface area contributed by atoms with E-state index in [1.807, 2.05) is 0 Å². The maximum atomic E-state index is 13.6. The highest BCUT2D eigenvalue weighted by atomic mass is 32.2. The largest absolute Gasteiger partial charge is 0.329 e. The Balaban J connectivity index is 3.16. The van der Waals surface area contributed by atoms with Crippen LogP contribution >= 0.6 is 8.69 Å². The molecule has 19 heavy (non-hydrogen) atoms. The van der Waals surface area contributed by atoms with Crippen molar-refractivity contribution < 1.29 is 34.8 Å². The Labute approximate surface area is 112 Å². The Morgan fingerprint density at radius 1 is 1.42 bits per heavy atom. The summed E-state index contributed by atoms with van der Waals surface area (Å²) >= 11 is -2.35. The molecule has 11 heteroatoms. The van der Waals surface area contributed by atoms with Crippen LogP contribution in [0.4, 0.5) is 4.39 Å². The molecule has 1 atom stereocenters. The van der Waals surface area contributed by atoms with Gasteiger partial charge in [0.2, 0.25) is 0 Å². The minimum Gasteiger partial charge on any atom is -0.306 e. The Morgan fingerprint density at radius 2 is 2.11 bits per heavy atom. The molecule has 0 aromatic heterocycles. The Kier molecular flexibility index (Phi) is 6.11. The van der Waals surface area contributed by atoms with Crippen molar-refractivity contribution in [3.05, 3.63) is 29.6 Å². The highest BCUT2D eigenvalue weighted by Crippen LogP contribution is 2.23. The van der Waals surface area contributed by atoms with Gasteiger partial charge in [0.15, 0.2) is 17.9 Å². The molecule has 0 bridgehead atoms. The van der Waals surface area contributed by atoms with Crippen molar-refractivity contribution in [2.45, 2.75) is 10.6 Å². The summed E-state index contributed by atoms with van der Waals surface area (Å²) in [5.41, 5.74) is -0.208. The second kappa shape index (κ2) is 7.13. The second-order valence-corrected chi connectivity index (χ2v) is 5.98. The van der Waals surface area contributed by atoms with E-state index in [1.54, 1.807) is 0 Å². The van der Waals surface area contributed by atoms with E-state index < -0.39 is 53.1 Å². The predicted molar refractivity (Wildman–Crippen MR) is 62.7 cm³/mol. The van der Waals surface area contributed by atoms with E-state index in [4.69, 9.17) is 4.55 Å². The van der Waals surface area contributed by atoms with Crippen molar-refractivity contribution in [1.29, 1.82) is 0 Å². The average molecular weight is 330 g/mol. The highest BCUT2D eigenvalue weighted by molar-refractivity contribution is 7.87. The number of halogens is 1. The van der Waals surface area contributed by atoms with Gasteiger partial charge < -0.3 is 4.55 Å². The zero-order valence-corrected chi connectivity index (χ0v) is 11.7. The first-order chi connectivity index (χ1) is 8.88. The van der Waals surface area contributed by atoms with Gasteiger partial charge in [0.25, 0.3) is 0 Å². The van der Waals surface area contributed by atoms with Crippen LogP contribution in [-0.4, -0.2) is 24.0 Å². The van der Waals surface area contributed by atoms with E-state index in [0.29, 0.717) is 0 Å². The minimum atomic E-state index is -4.53. The van der Waals surface area contributed by atoms with Crippen LogP contribution < -0.4 is 0 Å². The fourth-order valence-corrected chi connectivity index (χ4v) is 3.07. The molecule has 0 aliphatic heterocycles. The Morgan fingerprint density at radius 3 is 2.68 bits per heavy atom. The van der Waals surface area contributed by atoms with Gasteiger partial charge in [-0.25, -0.2) is 17.3 Å². The first-order valence-electron chi connectivity index (χ1n) is 4.57. The van der Waals surface area contributed by atoms with E-state index in [2.05, 4.69) is 8.71 Å². The van der Waals surface area contributed by atoms with Crippen LogP contribution in [0, 0.1) is 5.82 Å². The van der Waals surface area contributed by atoms with E-state index in [9.17, 15) is 21.6 Å². The predicted octanol–water partition coefficient (Wildman–Crippen LogP) is 1.43. The highest BCUT2D eigenvalue weighted by Gasteiger charge is 2.25. The van der Waals surface area contributed by atoms with Gasteiger partial charge in [-0.1, -0.05) is 12.1 Å². The third-order valence-electron chi connectivity index (χ3n) is 1.89. The quantitative estimate of drug-likeness (QED) is 0.265. The normalized spacial score (nSPS) is 13.6. The van der Waals surface area contributed by atoms with Crippen LogP contribution in [0.1, 0.15) is 5.56 Å². The zero-order chi connectivity index (χ0) is 14.5. The van der Waals surface area contributed by atoms with Crippen molar-refractivity contribution >= 4 is 29.9 Å². The lowest BCUT2D eigenvalue weighted by Crippen LogP contribution is -2.13. The lowest BCUT2D eigenvalue weighted by molar-refractivity contribution is 0.139. The summed E-state index contributed by atoms with van der Waals surface area (Å²) < 4.78 is 74.8. The van der Waals surface area contributed by atoms with E-state index in [1.165, 1.54) is 12.1 Å². The van der Waals surface area contributed by atoms with Crippen molar-refractivity contribution in [2.24, 2.45) is 0 Å². The van der Waals surface area contributed by atoms with Gasteiger partial charge in [-0.05, 0) is 11.6 Å². The lowest BCUT2D eigenvalue weighted by Gasteiger charge is -2.09. The molecular formula is C8H8FO7PS2. The minimum absolute atomic E-state index is 0.208. The smallest absolute Gasteiger partial charge is 0.306 e. The summed E-state index contributed by atoms with van der Waals surface area (Å²) in [6.45, 7) is -0.872. The van der Waals surface area contributed by atoms with Gasteiger partial charge in [0, 0.05) is 0 Å². The molecule has 0 aliphatic carbocycles. The molecule has 1 rings (SSSR count). The average Bonchev–Trinajstić information content (AvgIpc) is 2.27. The molecule has 7 nitrogen and oxygen atoms in total. The molecule has 1 unspecified atom stereocenters. The van der Waals surface area contributed by atoms with Crippen molar-refractivity contribution in [3.63, 3.8) is 0 Å². The molecule has 0 aliphatic rings. The van der Waals surface area contributed by atoms with Crippen LogP contribution in [0.2, 0.25) is 0 Å². The van der Waals surface area contributed by atoms with Gasteiger partial charge >= 0.3 is 18.8 Å². The van der Waals surface area contributed by atoms with Crippen molar-refractivity contribution in [2.75, 3.05) is 6.79 Å². The van der Waals surface area contributed by atoms with Gasteiger partial charge in [-0.15, -0.1) is 0 Å². The van der Waals surface area contributed by atoms with Gasteiger partial charge in [-0.2, -0.15) is 8.42 Å². The molecule has 0 saturated carbocycles. The maximum Gasteiger partial charge on any atom is 0.329 e. The zero-order valence-electron chi connectivity index (χ0n) is 9.18. The molecule has 0 saturated heterocycles. The third kappa shape index (κ3) is 4.68. The molecule has 0 radical (unpaired) electrons. The number of rotatable bonds is 7. The number of hydrogen-bond donors (Lipinski definition) is 1. The molecule has 0 heterocycles. The monoisotopic (exact) mass is 330 g/mol. The first kappa shape index (κ1) is 16.3. The van der Waals surface area contributed by atoms with Gasteiger partial charge in [-0.3, -0.25) is 4.52 Å². The summed E-state index contributed by atoms with van der Waals surface area (Å²) in [4.78, 5) is -0.844. The fraction of sp³-hybridized carbons (Fsp3) is 0.250. The Hall–Kier alpha value is -0.770. The SMILES string of the molecule is O=POCOS(=O)(=O)c1c(F)cccc1CS(=O)O. The van der Waals surface area contributed by atoms with Crippen LogP contribution in [0.3, 0.4) is 0 Å². The van der Waals surface area contributed by atoms with Crippen LogP contribution in [0.5, 0.6) is 0 Å². The van der Waals surface area contributed by atoms with E-state index >= 15 is 0 Å². The van der Waals surface area contributed by atoms with E-state index in [-0.39, 0.29) is 5.56 Å². The first-order valence-corrected chi connectivity index (χ1v) is 7.99. The van der Waals surface area contributed by atoms with Gasteiger partial charge in [0.05, 0.1) is 5.75 Å². The van der Waals surface area contributed by atoms with Crippen molar-refractivity contribution in [1.82, 2.24) is 0 Å². The number of hydrogen-bond acceptors (Lipinski definition) is 6. The topological polar surface area (TPSA) is 107 Å².